The van der Waals surface area contributed by atoms with E-state index in [9.17, 15) is 4.79 Å². The number of aromatic nitrogens is 3. The maximum absolute atomic E-state index is 12.8. The fourth-order valence-corrected chi connectivity index (χ4v) is 4.44. The van der Waals surface area contributed by atoms with Crippen molar-refractivity contribution >= 4 is 23.4 Å². The van der Waals surface area contributed by atoms with Crippen LogP contribution in [0.15, 0.2) is 71.9 Å². The fourth-order valence-electron chi connectivity index (χ4n) is 3.69. The summed E-state index contributed by atoms with van der Waals surface area (Å²) in [6.45, 7) is 8.24. The number of benzene rings is 3. The summed E-state index contributed by atoms with van der Waals surface area (Å²) in [5.41, 5.74) is 7.44. The summed E-state index contributed by atoms with van der Waals surface area (Å²) in [5.74, 6) is 0.948. The first-order valence-corrected chi connectivity index (χ1v) is 12.1. The maximum atomic E-state index is 12.8. The molecule has 3 aromatic carbocycles. The summed E-state index contributed by atoms with van der Waals surface area (Å²) in [7, 11) is 0. The van der Waals surface area contributed by atoms with E-state index in [1.807, 2.05) is 23.6 Å². The number of nitrogens with one attached hydrogen (secondary N) is 1. The number of anilines is 1. The molecule has 1 aromatic heterocycles. The summed E-state index contributed by atoms with van der Waals surface area (Å²) in [4.78, 5) is 12.8. The zero-order valence-corrected chi connectivity index (χ0v) is 20.2. The van der Waals surface area contributed by atoms with E-state index >= 15 is 0 Å². The van der Waals surface area contributed by atoms with Crippen molar-refractivity contribution in [1.82, 2.24) is 14.8 Å². The largest absolute Gasteiger partial charge is 0.325 e. The summed E-state index contributed by atoms with van der Waals surface area (Å²) in [6.07, 6.45) is 0.867. The second-order valence-electron chi connectivity index (χ2n) is 8.14. The molecule has 168 valence electrons. The fraction of sp³-hybridized carbons (Fsp3) is 0.222. The molecule has 4 aromatic rings. The van der Waals surface area contributed by atoms with Crippen molar-refractivity contribution in [3.8, 4) is 17.1 Å². The molecule has 0 bridgehead atoms. The highest BCUT2D eigenvalue weighted by atomic mass is 32.2. The van der Waals surface area contributed by atoms with Gasteiger partial charge in [0.2, 0.25) is 5.91 Å². The molecule has 0 fully saturated rings. The minimum Gasteiger partial charge on any atom is -0.325 e. The third-order valence-corrected chi connectivity index (χ3v) is 6.50. The number of para-hydroxylation sites is 1. The predicted molar refractivity (Wildman–Crippen MR) is 136 cm³/mol. The lowest BCUT2D eigenvalue weighted by molar-refractivity contribution is -0.113. The van der Waals surface area contributed by atoms with Crippen molar-refractivity contribution < 1.29 is 4.79 Å². The van der Waals surface area contributed by atoms with E-state index in [0.29, 0.717) is 5.16 Å². The molecule has 0 unspecified atom stereocenters. The SMILES string of the molecule is CCc1cccc(C)c1NC(=O)CSc1nnc(-c2ccc(C)cc2)n1-c1ccc(C)cc1. The highest BCUT2D eigenvalue weighted by Gasteiger charge is 2.18. The number of nitrogens with zero attached hydrogens (tertiary/aromatic N) is 3. The lowest BCUT2D eigenvalue weighted by Gasteiger charge is -2.13. The van der Waals surface area contributed by atoms with Gasteiger partial charge in [0.1, 0.15) is 0 Å². The van der Waals surface area contributed by atoms with Crippen LogP contribution < -0.4 is 5.32 Å². The second kappa shape index (κ2) is 10.0. The molecule has 0 aliphatic heterocycles. The average Bonchev–Trinajstić information content (AvgIpc) is 3.24. The molecule has 0 aliphatic carbocycles. The highest BCUT2D eigenvalue weighted by Crippen LogP contribution is 2.29. The number of carbonyl (C=O) groups is 1. The molecule has 1 N–H and O–H groups in total. The van der Waals surface area contributed by atoms with Gasteiger partial charge in [0.05, 0.1) is 5.75 Å². The second-order valence-corrected chi connectivity index (χ2v) is 9.09. The Bertz CT molecular complexity index is 1260. The maximum Gasteiger partial charge on any atom is 0.234 e. The van der Waals surface area contributed by atoms with E-state index in [1.54, 1.807) is 0 Å². The number of carbonyl (C=O) groups excluding carboxylic acids is 1. The predicted octanol–water partition coefficient (Wildman–Crippen LogP) is 6.15. The molecular weight excluding hydrogens is 428 g/mol. The summed E-state index contributed by atoms with van der Waals surface area (Å²) in [5, 5.41) is 12.7. The van der Waals surface area contributed by atoms with Crippen molar-refractivity contribution in [1.29, 1.82) is 0 Å². The van der Waals surface area contributed by atoms with Gasteiger partial charge in [0, 0.05) is 16.9 Å². The highest BCUT2D eigenvalue weighted by molar-refractivity contribution is 7.99. The van der Waals surface area contributed by atoms with Crippen LogP contribution in [0, 0.1) is 20.8 Å². The Morgan fingerprint density at radius 2 is 1.58 bits per heavy atom. The van der Waals surface area contributed by atoms with Gasteiger partial charge in [-0.15, -0.1) is 10.2 Å². The lowest BCUT2D eigenvalue weighted by atomic mass is 10.1. The van der Waals surface area contributed by atoms with E-state index in [0.717, 1.165) is 40.3 Å². The lowest BCUT2D eigenvalue weighted by Crippen LogP contribution is -2.16. The Morgan fingerprint density at radius 1 is 0.909 bits per heavy atom. The van der Waals surface area contributed by atoms with E-state index in [1.165, 1.54) is 22.9 Å². The van der Waals surface area contributed by atoms with Crippen LogP contribution in [0.4, 0.5) is 5.69 Å². The van der Waals surface area contributed by atoms with Gasteiger partial charge in [-0.1, -0.05) is 84.4 Å². The molecule has 6 heteroatoms. The van der Waals surface area contributed by atoms with Crippen LogP contribution in [0.5, 0.6) is 0 Å². The van der Waals surface area contributed by atoms with Crippen LogP contribution >= 0.6 is 11.8 Å². The van der Waals surface area contributed by atoms with E-state index in [4.69, 9.17) is 0 Å². The molecule has 4 rings (SSSR count). The Hall–Kier alpha value is -3.38. The monoisotopic (exact) mass is 456 g/mol. The number of rotatable bonds is 7. The normalized spacial score (nSPS) is 10.9. The van der Waals surface area contributed by atoms with Crippen LogP contribution in [-0.4, -0.2) is 26.4 Å². The molecule has 0 saturated heterocycles. The van der Waals surface area contributed by atoms with Crippen molar-refractivity contribution in [2.45, 2.75) is 39.3 Å². The zero-order valence-electron chi connectivity index (χ0n) is 19.4. The Morgan fingerprint density at radius 3 is 2.24 bits per heavy atom. The Kier molecular flexibility index (Phi) is 6.94. The van der Waals surface area contributed by atoms with Crippen LogP contribution in [0.2, 0.25) is 0 Å². The number of amides is 1. The third-order valence-electron chi connectivity index (χ3n) is 5.57. The van der Waals surface area contributed by atoms with E-state index in [-0.39, 0.29) is 11.7 Å². The molecule has 0 atom stereocenters. The minimum absolute atomic E-state index is 0.0562. The molecule has 1 heterocycles. The molecule has 0 aliphatic rings. The number of hydrogen-bond donors (Lipinski definition) is 1. The molecular formula is C27H28N4OS. The third kappa shape index (κ3) is 5.17. The quantitative estimate of drug-likeness (QED) is 0.339. The van der Waals surface area contributed by atoms with Crippen LogP contribution in [0.3, 0.4) is 0 Å². The van der Waals surface area contributed by atoms with Gasteiger partial charge in [-0.05, 0) is 50.5 Å². The first-order chi connectivity index (χ1) is 16.0. The number of hydrogen-bond acceptors (Lipinski definition) is 4. The molecule has 0 saturated carbocycles. The molecule has 1 amide bonds. The first-order valence-electron chi connectivity index (χ1n) is 11.1. The van der Waals surface area contributed by atoms with Crippen LogP contribution in [0.25, 0.3) is 17.1 Å². The Balaban J connectivity index is 1.61. The van der Waals surface area contributed by atoms with Crippen molar-refractivity contribution in [2.24, 2.45) is 0 Å². The topological polar surface area (TPSA) is 59.8 Å². The molecule has 5 nitrogen and oxygen atoms in total. The van der Waals surface area contributed by atoms with Gasteiger partial charge in [0.15, 0.2) is 11.0 Å². The van der Waals surface area contributed by atoms with Crippen LogP contribution in [-0.2, 0) is 11.2 Å². The van der Waals surface area contributed by atoms with Gasteiger partial charge in [-0.25, -0.2) is 0 Å². The standard InChI is InChI=1S/C27H28N4OS/c1-5-21-8-6-7-20(4)25(21)28-24(32)17-33-27-30-29-26(22-13-9-18(2)10-14-22)31(27)23-15-11-19(3)12-16-23/h6-16H,5,17H2,1-4H3,(H,28,32). The zero-order chi connectivity index (χ0) is 23.4. The van der Waals surface area contributed by atoms with Gasteiger partial charge in [0.25, 0.3) is 0 Å². The Labute approximate surface area is 199 Å². The number of aryl methyl sites for hydroxylation is 4. The molecule has 0 spiro atoms. The van der Waals surface area contributed by atoms with Gasteiger partial charge < -0.3 is 5.32 Å². The van der Waals surface area contributed by atoms with Crippen molar-refractivity contribution in [3.63, 3.8) is 0 Å². The molecule has 0 radical (unpaired) electrons. The molecule has 33 heavy (non-hydrogen) atoms. The summed E-state index contributed by atoms with van der Waals surface area (Å²) >= 11 is 1.39. The van der Waals surface area contributed by atoms with Gasteiger partial charge in [-0.3, -0.25) is 9.36 Å². The van der Waals surface area contributed by atoms with Crippen molar-refractivity contribution in [2.75, 3.05) is 11.1 Å². The average molecular weight is 457 g/mol. The first kappa shape index (κ1) is 22.8. The summed E-state index contributed by atoms with van der Waals surface area (Å²) in [6, 6.07) is 22.6. The van der Waals surface area contributed by atoms with Gasteiger partial charge in [-0.2, -0.15) is 0 Å². The van der Waals surface area contributed by atoms with E-state index < -0.39 is 0 Å². The van der Waals surface area contributed by atoms with Gasteiger partial charge >= 0.3 is 0 Å². The number of thioether (sulfide) groups is 1. The smallest absolute Gasteiger partial charge is 0.234 e. The summed E-state index contributed by atoms with van der Waals surface area (Å²) < 4.78 is 2.02. The minimum atomic E-state index is -0.0562. The van der Waals surface area contributed by atoms with Crippen LogP contribution in [0.1, 0.15) is 29.2 Å². The van der Waals surface area contributed by atoms with Crippen molar-refractivity contribution in [3.05, 3.63) is 89.0 Å². The van der Waals surface area contributed by atoms with E-state index in [2.05, 4.69) is 90.9 Å².